The summed E-state index contributed by atoms with van der Waals surface area (Å²) in [7, 11) is 4.55. The van der Waals surface area contributed by atoms with E-state index in [1.165, 1.54) is 45.9 Å². The van der Waals surface area contributed by atoms with Crippen LogP contribution in [0.15, 0.2) is 60.9 Å². The van der Waals surface area contributed by atoms with Crippen molar-refractivity contribution in [2.45, 2.75) is 13.8 Å². The van der Waals surface area contributed by atoms with Crippen molar-refractivity contribution in [1.82, 2.24) is 15.0 Å². The van der Waals surface area contributed by atoms with Crippen LogP contribution in [0.4, 0.5) is 10.1 Å². The molecule has 0 saturated carbocycles. The summed E-state index contributed by atoms with van der Waals surface area (Å²) in [6.45, 7) is 3.33. The molecule has 0 saturated heterocycles. The van der Waals surface area contributed by atoms with Gasteiger partial charge in [-0.05, 0) is 38.1 Å². The topological polar surface area (TPSA) is 125 Å². The van der Waals surface area contributed by atoms with Crippen LogP contribution in [0.1, 0.15) is 21.7 Å². The Kier molecular flexibility index (Phi) is 7.74. The van der Waals surface area contributed by atoms with Crippen LogP contribution < -0.4 is 24.3 Å². The van der Waals surface area contributed by atoms with Crippen LogP contribution in [0.5, 0.6) is 34.5 Å². The molecule has 1 amide bonds. The van der Waals surface area contributed by atoms with Crippen LogP contribution in [0.25, 0.3) is 22.2 Å². The van der Waals surface area contributed by atoms with Crippen molar-refractivity contribution >= 4 is 22.6 Å². The summed E-state index contributed by atoms with van der Waals surface area (Å²) in [5.41, 5.74) is 2.69. The number of carbonyl (C=O) groups is 1. The molecule has 42 heavy (non-hydrogen) atoms. The number of aromatic nitrogens is 3. The van der Waals surface area contributed by atoms with E-state index in [4.69, 9.17) is 18.9 Å². The quantitative estimate of drug-likeness (QED) is 0.224. The first-order valence-electron chi connectivity index (χ1n) is 12.7. The predicted molar refractivity (Wildman–Crippen MR) is 154 cm³/mol. The summed E-state index contributed by atoms with van der Waals surface area (Å²) in [6.07, 6.45) is 3.03. The first-order valence-corrected chi connectivity index (χ1v) is 12.7. The van der Waals surface area contributed by atoms with Crippen LogP contribution in [0.2, 0.25) is 0 Å². The lowest BCUT2D eigenvalue weighted by Crippen LogP contribution is -2.15. The van der Waals surface area contributed by atoms with Crippen LogP contribution in [-0.4, -0.2) is 47.3 Å². The number of fused-ring (bicyclic) bond motifs is 1. The van der Waals surface area contributed by atoms with Gasteiger partial charge in [-0.25, -0.2) is 9.37 Å². The molecule has 0 radical (unpaired) electrons. The van der Waals surface area contributed by atoms with Gasteiger partial charge in [-0.1, -0.05) is 0 Å². The minimum atomic E-state index is -0.724. The Morgan fingerprint density at radius 2 is 1.64 bits per heavy atom. The van der Waals surface area contributed by atoms with E-state index in [2.05, 4.69) is 20.3 Å². The zero-order valence-corrected chi connectivity index (χ0v) is 23.5. The Labute approximate surface area is 240 Å². The summed E-state index contributed by atoms with van der Waals surface area (Å²) >= 11 is 0. The van der Waals surface area contributed by atoms with Crippen LogP contribution >= 0.6 is 0 Å². The lowest BCUT2D eigenvalue weighted by molar-refractivity contribution is 0.102. The molecule has 0 atom stereocenters. The second-order valence-electron chi connectivity index (χ2n) is 9.20. The first kappa shape index (κ1) is 28.1. The zero-order chi connectivity index (χ0) is 30.0. The summed E-state index contributed by atoms with van der Waals surface area (Å²) < 4.78 is 36.9. The molecule has 2 aromatic carbocycles. The van der Waals surface area contributed by atoms with Gasteiger partial charge >= 0.3 is 0 Å². The van der Waals surface area contributed by atoms with Crippen molar-refractivity contribution in [3.05, 3.63) is 83.7 Å². The van der Waals surface area contributed by atoms with Gasteiger partial charge in [0, 0.05) is 53.0 Å². The Bertz CT molecular complexity index is 1830. The number of benzene rings is 2. The lowest BCUT2D eigenvalue weighted by Gasteiger charge is -2.17. The molecule has 0 aliphatic rings. The molecule has 5 aromatic rings. The van der Waals surface area contributed by atoms with Gasteiger partial charge in [0.1, 0.15) is 34.1 Å². The molecule has 10 nitrogen and oxygen atoms in total. The van der Waals surface area contributed by atoms with Gasteiger partial charge in [-0.3, -0.25) is 14.8 Å². The van der Waals surface area contributed by atoms with Gasteiger partial charge in [-0.15, -0.1) is 0 Å². The zero-order valence-electron chi connectivity index (χ0n) is 23.5. The molecule has 0 aliphatic heterocycles. The summed E-state index contributed by atoms with van der Waals surface area (Å²) in [6, 6.07) is 12.3. The third-order valence-electron chi connectivity index (χ3n) is 6.60. The second-order valence-corrected chi connectivity index (χ2v) is 9.20. The van der Waals surface area contributed by atoms with E-state index in [1.54, 1.807) is 44.2 Å². The molecule has 11 heteroatoms. The number of anilines is 1. The number of methoxy groups -OCH3 is 3. The highest BCUT2D eigenvalue weighted by molar-refractivity contribution is 6.08. The van der Waals surface area contributed by atoms with E-state index in [1.807, 2.05) is 0 Å². The highest BCUT2D eigenvalue weighted by atomic mass is 19.1. The molecule has 0 fully saturated rings. The number of carbonyl (C=O) groups excluding carboxylic acids is 1. The minimum absolute atomic E-state index is 0.0565. The highest BCUT2D eigenvalue weighted by Crippen LogP contribution is 2.42. The first-order chi connectivity index (χ1) is 20.2. The molecule has 214 valence electrons. The summed E-state index contributed by atoms with van der Waals surface area (Å²) in [5.74, 6) is 0.0611. The lowest BCUT2D eigenvalue weighted by atomic mass is 9.97. The molecular formula is C31H27FN4O6. The molecule has 0 unspecified atom stereocenters. The fourth-order valence-electron chi connectivity index (χ4n) is 4.58. The molecular weight excluding hydrogens is 543 g/mol. The summed E-state index contributed by atoms with van der Waals surface area (Å²) in [4.78, 5) is 26.4. The van der Waals surface area contributed by atoms with E-state index < -0.39 is 11.7 Å². The van der Waals surface area contributed by atoms with Crippen molar-refractivity contribution in [2.75, 3.05) is 26.6 Å². The Balaban J connectivity index is 1.43. The average molecular weight is 571 g/mol. The number of hydrogen-bond donors (Lipinski definition) is 2. The second kappa shape index (κ2) is 11.6. The number of hydrogen-bond acceptors (Lipinski definition) is 9. The largest absolute Gasteiger partial charge is 0.506 e. The molecule has 2 N–H and O–H groups in total. The number of nitrogens with zero attached hydrogens (tertiary/aromatic N) is 3. The number of pyridine rings is 3. The van der Waals surface area contributed by atoms with E-state index >= 15 is 4.39 Å². The Morgan fingerprint density at radius 1 is 0.857 bits per heavy atom. The number of halogens is 1. The smallest absolute Gasteiger partial charge is 0.261 e. The maximum atomic E-state index is 15.1. The van der Waals surface area contributed by atoms with Gasteiger partial charge in [0.15, 0.2) is 17.3 Å². The number of aromatic hydroxyl groups is 1. The normalized spacial score (nSPS) is 10.8. The molecule has 5 rings (SSSR count). The molecule has 0 spiro atoms. The number of amides is 1. The Hall–Kier alpha value is -5.45. The van der Waals surface area contributed by atoms with Crippen molar-refractivity contribution in [2.24, 2.45) is 0 Å². The summed E-state index contributed by atoms with van der Waals surface area (Å²) in [5, 5.41) is 13.9. The van der Waals surface area contributed by atoms with Gasteiger partial charge in [0.2, 0.25) is 0 Å². The van der Waals surface area contributed by atoms with Crippen LogP contribution in [-0.2, 0) is 0 Å². The van der Waals surface area contributed by atoms with Gasteiger partial charge < -0.3 is 29.4 Å². The third-order valence-corrected chi connectivity index (χ3v) is 6.60. The van der Waals surface area contributed by atoms with E-state index in [-0.39, 0.29) is 22.7 Å². The van der Waals surface area contributed by atoms with Gasteiger partial charge in [-0.2, -0.15) is 0 Å². The Morgan fingerprint density at radius 3 is 2.36 bits per heavy atom. The SMILES string of the molecule is COc1ccc(-c2c(C)nc(C)c(C(=O)Nc3ccc(Oc4ccnc5cc(OC)cnc45)c(F)c3)c2O)c(OC)c1. The maximum absolute atomic E-state index is 15.1. The molecule has 0 bridgehead atoms. The number of nitrogens with one attached hydrogen (secondary N) is 1. The molecule has 3 heterocycles. The van der Waals surface area contributed by atoms with E-state index in [0.29, 0.717) is 56.5 Å². The maximum Gasteiger partial charge on any atom is 0.261 e. The standard InChI is InChI=1S/C31H27FN4O6/c1-16-27(21-8-7-19(39-3)14-26(21)41-5)30(37)28(17(2)35-16)31(38)36-18-6-9-24(22(32)12-18)42-25-10-11-33-23-13-20(40-4)15-34-29(23)25/h6-15H,1-5H3,(H,35,37)(H,36,38). The number of rotatable bonds is 8. The highest BCUT2D eigenvalue weighted by Gasteiger charge is 2.24. The monoisotopic (exact) mass is 570 g/mol. The molecule has 3 aromatic heterocycles. The van der Waals surface area contributed by atoms with Crippen molar-refractivity contribution in [3.8, 4) is 45.6 Å². The predicted octanol–water partition coefficient (Wildman–Crippen LogP) is 6.22. The van der Waals surface area contributed by atoms with E-state index in [0.717, 1.165) is 6.07 Å². The fraction of sp³-hybridized carbons (Fsp3) is 0.161. The van der Waals surface area contributed by atoms with Gasteiger partial charge in [0.25, 0.3) is 5.91 Å². The van der Waals surface area contributed by atoms with Crippen molar-refractivity contribution < 1.29 is 33.2 Å². The average Bonchev–Trinajstić information content (AvgIpc) is 2.98. The number of aryl methyl sites for hydroxylation is 2. The van der Waals surface area contributed by atoms with Gasteiger partial charge in [0.05, 0.1) is 38.7 Å². The third kappa shape index (κ3) is 5.31. The van der Waals surface area contributed by atoms with Crippen LogP contribution in [0.3, 0.4) is 0 Å². The fourth-order valence-corrected chi connectivity index (χ4v) is 4.58. The number of ether oxygens (including phenoxy) is 4. The minimum Gasteiger partial charge on any atom is -0.506 e. The van der Waals surface area contributed by atoms with E-state index in [9.17, 15) is 9.90 Å². The van der Waals surface area contributed by atoms with Crippen LogP contribution in [0, 0.1) is 19.7 Å². The van der Waals surface area contributed by atoms with Crippen molar-refractivity contribution in [3.63, 3.8) is 0 Å². The molecule has 0 aliphatic carbocycles. The van der Waals surface area contributed by atoms with Crippen molar-refractivity contribution in [1.29, 1.82) is 0 Å².